The summed E-state index contributed by atoms with van der Waals surface area (Å²) in [5.74, 6) is 0.188. The Morgan fingerprint density at radius 3 is 2.67 bits per heavy atom. The van der Waals surface area contributed by atoms with E-state index in [2.05, 4.69) is 10.4 Å². The largest absolute Gasteiger partial charge is 0.413 e. The Bertz CT molecular complexity index is 603. The Morgan fingerprint density at radius 1 is 1.43 bits per heavy atom. The summed E-state index contributed by atoms with van der Waals surface area (Å²) < 4.78 is 30.1. The normalized spacial score (nSPS) is 16.7. The summed E-state index contributed by atoms with van der Waals surface area (Å²) in [6, 6.07) is 1.40. The lowest BCUT2D eigenvalue weighted by Gasteiger charge is -2.23. The Morgan fingerprint density at radius 2 is 2.10 bits per heavy atom. The van der Waals surface area contributed by atoms with Gasteiger partial charge in [-0.2, -0.15) is 5.10 Å². The Kier molecular flexibility index (Phi) is 4.87. The topological polar surface area (TPSA) is 90.3 Å². The third-order valence-corrected chi connectivity index (χ3v) is 4.46. The Hall–Kier alpha value is -1.57. The van der Waals surface area contributed by atoms with E-state index in [4.69, 9.17) is 4.74 Å². The molecule has 1 aliphatic carbocycles. The van der Waals surface area contributed by atoms with Crippen LogP contribution in [0.25, 0.3) is 0 Å². The SMILES string of the molecule is CCNC(=O)Oc1cc(S(C)(=O)=O)nn1C1CCCCC1. The molecule has 1 fully saturated rings. The van der Waals surface area contributed by atoms with E-state index < -0.39 is 15.9 Å². The Balaban J connectivity index is 2.31. The van der Waals surface area contributed by atoms with Crippen LogP contribution in [0, 0.1) is 0 Å². The number of rotatable bonds is 4. The van der Waals surface area contributed by atoms with Gasteiger partial charge in [-0.1, -0.05) is 19.3 Å². The zero-order valence-electron chi connectivity index (χ0n) is 12.3. The van der Waals surface area contributed by atoms with Gasteiger partial charge in [-0.3, -0.25) is 0 Å². The fourth-order valence-corrected chi connectivity index (χ4v) is 3.03. The van der Waals surface area contributed by atoms with Crippen LogP contribution in [0.1, 0.15) is 45.1 Å². The lowest BCUT2D eigenvalue weighted by Crippen LogP contribution is -2.28. The molecule has 0 bridgehead atoms. The van der Waals surface area contributed by atoms with E-state index in [-0.39, 0.29) is 16.9 Å². The molecule has 0 atom stereocenters. The number of hydrogen-bond acceptors (Lipinski definition) is 5. The second-order valence-electron chi connectivity index (χ2n) is 5.25. The first-order valence-electron chi connectivity index (χ1n) is 7.17. The second kappa shape index (κ2) is 6.46. The molecule has 0 radical (unpaired) electrons. The number of nitrogens with one attached hydrogen (secondary N) is 1. The summed E-state index contributed by atoms with van der Waals surface area (Å²) >= 11 is 0. The predicted molar refractivity (Wildman–Crippen MR) is 77.2 cm³/mol. The second-order valence-corrected chi connectivity index (χ2v) is 7.21. The van der Waals surface area contributed by atoms with Crippen molar-refractivity contribution in [1.29, 1.82) is 0 Å². The fraction of sp³-hybridized carbons (Fsp3) is 0.692. The van der Waals surface area contributed by atoms with Crippen molar-refractivity contribution in [2.45, 2.75) is 50.1 Å². The molecule has 7 nitrogen and oxygen atoms in total. The average molecular weight is 315 g/mol. The third-order valence-electron chi connectivity index (χ3n) is 3.50. The molecule has 1 heterocycles. The van der Waals surface area contributed by atoms with Gasteiger partial charge in [0.1, 0.15) is 0 Å². The maximum absolute atomic E-state index is 11.7. The maximum atomic E-state index is 11.7. The lowest BCUT2D eigenvalue weighted by atomic mass is 9.96. The standard InChI is InChI=1S/C13H21N3O4S/c1-3-14-13(17)20-12-9-11(21(2,18)19)15-16(12)10-7-5-4-6-8-10/h9-10H,3-8H2,1-2H3,(H,14,17). The number of nitrogens with zero attached hydrogens (tertiary/aromatic N) is 2. The number of sulfone groups is 1. The molecule has 0 aromatic carbocycles. The van der Waals surface area contributed by atoms with Crippen molar-refractivity contribution < 1.29 is 17.9 Å². The van der Waals surface area contributed by atoms with Crippen LogP contribution in [0.2, 0.25) is 0 Å². The van der Waals surface area contributed by atoms with Crippen LogP contribution in [0.3, 0.4) is 0 Å². The van der Waals surface area contributed by atoms with Gasteiger partial charge in [0.2, 0.25) is 5.88 Å². The van der Waals surface area contributed by atoms with E-state index in [1.807, 2.05) is 0 Å². The summed E-state index contributed by atoms with van der Waals surface area (Å²) in [5.41, 5.74) is 0. The molecule has 1 aromatic rings. The molecule has 21 heavy (non-hydrogen) atoms. The molecular weight excluding hydrogens is 294 g/mol. The van der Waals surface area contributed by atoms with Crippen LogP contribution < -0.4 is 10.1 Å². The molecule has 118 valence electrons. The molecule has 1 aromatic heterocycles. The van der Waals surface area contributed by atoms with Crippen LogP contribution in [0.4, 0.5) is 4.79 Å². The van der Waals surface area contributed by atoms with Crippen LogP contribution in [0.5, 0.6) is 5.88 Å². The molecule has 8 heteroatoms. The molecule has 0 spiro atoms. The fourth-order valence-electron chi connectivity index (χ4n) is 2.48. The van der Waals surface area contributed by atoms with Crippen LogP contribution >= 0.6 is 0 Å². The quantitative estimate of drug-likeness (QED) is 0.916. The van der Waals surface area contributed by atoms with Crippen molar-refractivity contribution in [3.05, 3.63) is 6.07 Å². The summed E-state index contributed by atoms with van der Waals surface area (Å²) in [5, 5.41) is 6.60. The number of carbonyl (C=O) groups excluding carboxylic acids is 1. The van der Waals surface area contributed by atoms with Gasteiger partial charge in [-0.15, -0.1) is 0 Å². The van der Waals surface area contributed by atoms with Crippen molar-refractivity contribution in [3.63, 3.8) is 0 Å². The molecule has 0 unspecified atom stereocenters. The van der Waals surface area contributed by atoms with E-state index in [0.29, 0.717) is 6.54 Å². The molecule has 2 rings (SSSR count). The highest BCUT2D eigenvalue weighted by Gasteiger charge is 2.25. The molecule has 1 N–H and O–H groups in total. The van der Waals surface area contributed by atoms with Gasteiger partial charge in [-0.05, 0) is 19.8 Å². The van der Waals surface area contributed by atoms with Gasteiger partial charge in [-0.25, -0.2) is 17.9 Å². The van der Waals surface area contributed by atoms with Crippen LogP contribution in [-0.4, -0.2) is 37.1 Å². The summed E-state index contributed by atoms with van der Waals surface area (Å²) in [6.45, 7) is 2.22. The molecule has 0 aliphatic heterocycles. The first-order valence-corrected chi connectivity index (χ1v) is 9.06. The van der Waals surface area contributed by atoms with Gasteiger partial charge in [0, 0.05) is 18.9 Å². The lowest BCUT2D eigenvalue weighted by molar-refractivity contribution is 0.191. The van der Waals surface area contributed by atoms with Gasteiger partial charge >= 0.3 is 6.09 Å². The van der Waals surface area contributed by atoms with Crippen molar-refractivity contribution in [3.8, 4) is 5.88 Å². The number of carbonyl (C=O) groups is 1. The monoisotopic (exact) mass is 315 g/mol. The number of ether oxygens (including phenoxy) is 1. The maximum Gasteiger partial charge on any atom is 0.413 e. The minimum atomic E-state index is -3.43. The summed E-state index contributed by atoms with van der Waals surface area (Å²) in [4.78, 5) is 11.6. The van der Waals surface area contributed by atoms with E-state index in [0.717, 1.165) is 31.9 Å². The predicted octanol–water partition coefficient (Wildman–Crippen LogP) is 1.90. The minimum Gasteiger partial charge on any atom is -0.391 e. The zero-order chi connectivity index (χ0) is 15.5. The van der Waals surface area contributed by atoms with Crippen LogP contribution in [0.15, 0.2) is 11.1 Å². The van der Waals surface area contributed by atoms with Crippen LogP contribution in [-0.2, 0) is 9.84 Å². The molecule has 1 aliphatic rings. The first-order chi connectivity index (χ1) is 9.91. The third kappa shape index (κ3) is 3.96. The molecule has 1 saturated carbocycles. The van der Waals surface area contributed by atoms with Gasteiger partial charge in [0.05, 0.1) is 6.04 Å². The molecular formula is C13H21N3O4S. The first kappa shape index (κ1) is 15.8. The van der Waals surface area contributed by atoms with E-state index in [9.17, 15) is 13.2 Å². The summed E-state index contributed by atoms with van der Waals surface area (Å²) in [6.07, 6.45) is 5.63. The number of hydrogen-bond donors (Lipinski definition) is 1. The molecule has 0 saturated heterocycles. The van der Waals surface area contributed by atoms with Crippen molar-refractivity contribution in [2.24, 2.45) is 0 Å². The molecule has 1 amide bonds. The highest BCUT2D eigenvalue weighted by Crippen LogP contribution is 2.32. The zero-order valence-corrected chi connectivity index (χ0v) is 13.1. The van der Waals surface area contributed by atoms with Gasteiger partial charge < -0.3 is 10.1 Å². The van der Waals surface area contributed by atoms with Gasteiger partial charge in [0.15, 0.2) is 14.9 Å². The Labute approximate surface area is 124 Å². The van der Waals surface area contributed by atoms with E-state index >= 15 is 0 Å². The minimum absolute atomic E-state index is 0.0626. The van der Waals surface area contributed by atoms with Crippen molar-refractivity contribution >= 4 is 15.9 Å². The smallest absolute Gasteiger partial charge is 0.391 e. The highest BCUT2D eigenvalue weighted by molar-refractivity contribution is 7.90. The van der Waals surface area contributed by atoms with Crippen molar-refractivity contribution in [2.75, 3.05) is 12.8 Å². The highest BCUT2D eigenvalue weighted by atomic mass is 32.2. The van der Waals surface area contributed by atoms with Crippen molar-refractivity contribution in [1.82, 2.24) is 15.1 Å². The van der Waals surface area contributed by atoms with E-state index in [1.54, 1.807) is 11.6 Å². The van der Waals surface area contributed by atoms with E-state index in [1.165, 1.54) is 12.5 Å². The summed E-state index contributed by atoms with van der Waals surface area (Å²) in [7, 11) is -3.43. The average Bonchev–Trinajstić information content (AvgIpc) is 2.84. The number of amides is 1. The number of aromatic nitrogens is 2. The van der Waals surface area contributed by atoms with Gasteiger partial charge in [0.25, 0.3) is 0 Å².